The molecule has 0 aliphatic rings. The molecule has 0 saturated heterocycles. The number of benzene rings is 2. The molecule has 0 spiro atoms. The Kier molecular flexibility index (Phi) is 9.72. The van der Waals surface area contributed by atoms with Gasteiger partial charge >= 0.3 is 17.2 Å². The molecule has 2 aromatic carbocycles. The minimum atomic E-state index is -1.95. The number of hydrogen-bond acceptors (Lipinski definition) is 6. The number of nitrogens with zero attached hydrogens (tertiary/aromatic N) is 1. The van der Waals surface area contributed by atoms with E-state index in [2.05, 4.69) is 23.6 Å². The number of para-hydroxylation sites is 1. The number of aromatic nitrogens is 1. The van der Waals surface area contributed by atoms with E-state index in [1.54, 1.807) is 36.4 Å². The molecule has 0 amide bonds. The first-order chi connectivity index (χ1) is 16.0. The molecule has 6 nitrogen and oxygen atoms in total. The van der Waals surface area contributed by atoms with Crippen LogP contribution < -0.4 is 8.91 Å². The van der Waals surface area contributed by atoms with Crippen LogP contribution in [0, 0.1) is 5.92 Å². The molecule has 9 heteroatoms. The van der Waals surface area contributed by atoms with Gasteiger partial charge in [0.05, 0.1) is 12.3 Å². The van der Waals surface area contributed by atoms with Gasteiger partial charge in [0.25, 0.3) is 0 Å². The third-order valence-corrected chi connectivity index (χ3v) is 6.91. The fourth-order valence-electron chi connectivity index (χ4n) is 3.12. The number of rotatable bonds is 12. The fourth-order valence-corrected chi connectivity index (χ4v) is 4.75. The van der Waals surface area contributed by atoms with Gasteiger partial charge in [0.15, 0.2) is 10.9 Å². The summed E-state index contributed by atoms with van der Waals surface area (Å²) in [6.45, 7) is 4.60. The minimum Gasteiger partial charge on any atom is -0.462 e. The predicted octanol–water partition coefficient (Wildman–Crippen LogP) is 6.91. The summed E-state index contributed by atoms with van der Waals surface area (Å²) in [7, 11) is 0. The van der Waals surface area contributed by atoms with Crippen LogP contribution in [0.3, 0.4) is 0 Å². The average Bonchev–Trinajstić information content (AvgIpc) is 3.28. The molecule has 0 saturated carbocycles. The fraction of sp³-hybridized carbons (Fsp3) is 0.333. The predicted molar refractivity (Wildman–Crippen MR) is 135 cm³/mol. The number of anilines is 1. The van der Waals surface area contributed by atoms with Crippen LogP contribution in [0.1, 0.15) is 49.9 Å². The zero-order valence-corrected chi connectivity index (χ0v) is 21.0. The van der Waals surface area contributed by atoms with Gasteiger partial charge in [-0.25, -0.2) is 14.5 Å². The van der Waals surface area contributed by atoms with Gasteiger partial charge in [0, 0.05) is 16.0 Å². The second-order valence-electron chi connectivity index (χ2n) is 7.48. The molecule has 0 radical (unpaired) electrons. The summed E-state index contributed by atoms with van der Waals surface area (Å²) in [6, 6.07) is 13.9. The van der Waals surface area contributed by atoms with Crippen LogP contribution in [-0.2, 0) is 16.0 Å². The van der Waals surface area contributed by atoms with Crippen molar-refractivity contribution < 1.29 is 17.9 Å². The van der Waals surface area contributed by atoms with Crippen molar-refractivity contribution in [2.45, 2.75) is 39.5 Å². The lowest BCUT2D eigenvalue weighted by Gasteiger charge is -2.15. The molecule has 1 heterocycles. The van der Waals surface area contributed by atoms with E-state index < -0.39 is 17.2 Å². The van der Waals surface area contributed by atoms with E-state index >= 15 is 0 Å². The third-order valence-electron chi connectivity index (χ3n) is 5.08. The average molecular weight is 507 g/mol. The summed E-state index contributed by atoms with van der Waals surface area (Å²) >= 11 is 5.28. The zero-order valence-electron chi connectivity index (χ0n) is 18.6. The van der Waals surface area contributed by atoms with Crippen LogP contribution in [0.25, 0.3) is 11.3 Å². The third kappa shape index (κ3) is 7.55. The number of ether oxygens (including phenoxy) is 1. The molecule has 0 aliphatic carbocycles. The molecule has 0 aliphatic heterocycles. The number of halogens is 1. The van der Waals surface area contributed by atoms with Crippen LogP contribution >= 0.6 is 22.9 Å². The van der Waals surface area contributed by atoms with Crippen LogP contribution in [0.15, 0.2) is 53.9 Å². The highest BCUT2D eigenvalue weighted by molar-refractivity contribution is 7.82. The SMILES string of the molecule is CCCCC(CC)COC(=O)c1ccccc1OS(=O)Nc1nc(-c2ccc(Cl)cc2)cs1. The van der Waals surface area contributed by atoms with Crippen molar-refractivity contribution in [3.05, 3.63) is 64.5 Å². The Labute approximate surface area is 206 Å². The van der Waals surface area contributed by atoms with Gasteiger partial charge in [-0.3, -0.25) is 0 Å². The van der Waals surface area contributed by atoms with Gasteiger partial charge in [0.1, 0.15) is 5.56 Å². The minimum absolute atomic E-state index is 0.185. The Morgan fingerprint density at radius 1 is 1.18 bits per heavy atom. The zero-order chi connectivity index (χ0) is 23.6. The first kappa shape index (κ1) is 25.2. The Bertz CT molecular complexity index is 1070. The lowest BCUT2D eigenvalue weighted by atomic mass is 10.0. The maximum Gasteiger partial charge on any atom is 0.341 e. The van der Waals surface area contributed by atoms with Crippen LogP contribution in [0.4, 0.5) is 5.13 Å². The summed E-state index contributed by atoms with van der Waals surface area (Å²) in [5, 5.41) is 2.92. The lowest BCUT2D eigenvalue weighted by molar-refractivity contribution is 0.0426. The summed E-state index contributed by atoms with van der Waals surface area (Å²) in [6.07, 6.45) is 4.19. The number of unbranched alkanes of at least 4 members (excludes halogenated alkanes) is 1. The molecule has 176 valence electrons. The molecule has 0 bridgehead atoms. The summed E-state index contributed by atoms with van der Waals surface area (Å²) < 4.78 is 26.3. The van der Waals surface area contributed by atoms with E-state index in [9.17, 15) is 9.00 Å². The number of carbonyl (C=O) groups is 1. The number of carbonyl (C=O) groups excluding carboxylic acids is 1. The molecular formula is C24H27ClN2O4S2. The second-order valence-corrected chi connectivity index (χ2v) is 9.61. The van der Waals surface area contributed by atoms with Crippen molar-refractivity contribution in [2.24, 2.45) is 5.92 Å². The van der Waals surface area contributed by atoms with Crippen molar-refractivity contribution in [3.8, 4) is 17.0 Å². The molecule has 2 unspecified atom stereocenters. The van der Waals surface area contributed by atoms with E-state index in [-0.39, 0.29) is 11.3 Å². The Morgan fingerprint density at radius 3 is 2.67 bits per heavy atom. The summed E-state index contributed by atoms with van der Waals surface area (Å²) in [5.41, 5.74) is 1.86. The molecular weight excluding hydrogens is 480 g/mol. The maximum atomic E-state index is 12.6. The summed E-state index contributed by atoms with van der Waals surface area (Å²) in [4.78, 5) is 17.1. The molecule has 1 aromatic heterocycles. The molecule has 0 fully saturated rings. The lowest BCUT2D eigenvalue weighted by Crippen LogP contribution is -2.16. The topological polar surface area (TPSA) is 77.5 Å². The van der Waals surface area contributed by atoms with E-state index in [0.717, 1.165) is 36.9 Å². The molecule has 33 heavy (non-hydrogen) atoms. The Hall–Kier alpha value is -2.42. The van der Waals surface area contributed by atoms with Gasteiger partial charge < -0.3 is 8.92 Å². The highest BCUT2D eigenvalue weighted by Crippen LogP contribution is 2.27. The van der Waals surface area contributed by atoms with Gasteiger partial charge in [-0.1, -0.05) is 69.0 Å². The van der Waals surface area contributed by atoms with Crippen molar-refractivity contribution in [3.63, 3.8) is 0 Å². The Balaban J connectivity index is 1.60. The number of nitrogens with one attached hydrogen (secondary N) is 1. The highest BCUT2D eigenvalue weighted by atomic mass is 35.5. The van der Waals surface area contributed by atoms with Gasteiger partial charge in [-0.15, -0.1) is 11.3 Å². The van der Waals surface area contributed by atoms with Crippen molar-refractivity contribution >= 4 is 45.3 Å². The quantitative estimate of drug-likeness (QED) is 0.270. The monoisotopic (exact) mass is 506 g/mol. The highest BCUT2D eigenvalue weighted by Gasteiger charge is 2.18. The first-order valence-electron chi connectivity index (χ1n) is 10.8. The van der Waals surface area contributed by atoms with Crippen LogP contribution in [0.2, 0.25) is 5.02 Å². The van der Waals surface area contributed by atoms with Crippen LogP contribution in [-0.4, -0.2) is 21.8 Å². The standard InChI is InChI=1S/C24H27ClN2O4S2/c1-3-5-8-17(4-2)15-30-23(28)20-9-6-7-10-22(20)31-33(29)27-24-26-21(16-32-24)18-11-13-19(25)14-12-18/h6-7,9-14,16-17H,3-5,8,15H2,1-2H3,(H,26,27). The first-order valence-corrected chi connectivity index (χ1v) is 13.2. The van der Waals surface area contributed by atoms with Crippen molar-refractivity contribution in [1.82, 2.24) is 4.98 Å². The van der Waals surface area contributed by atoms with E-state index in [0.29, 0.717) is 22.7 Å². The van der Waals surface area contributed by atoms with E-state index in [1.807, 2.05) is 17.5 Å². The van der Waals surface area contributed by atoms with E-state index in [4.69, 9.17) is 20.5 Å². The second kappa shape index (κ2) is 12.7. The molecule has 2 atom stereocenters. The number of hydrogen-bond donors (Lipinski definition) is 1. The largest absolute Gasteiger partial charge is 0.462 e. The van der Waals surface area contributed by atoms with E-state index in [1.165, 1.54) is 11.3 Å². The van der Waals surface area contributed by atoms with Crippen LogP contribution in [0.5, 0.6) is 5.75 Å². The molecule has 1 N–H and O–H groups in total. The number of esters is 1. The normalized spacial score (nSPS) is 12.7. The van der Waals surface area contributed by atoms with Crippen molar-refractivity contribution in [2.75, 3.05) is 11.3 Å². The summed E-state index contributed by atoms with van der Waals surface area (Å²) in [5.74, 6) is 0.0266. The maximum absolute atomic E-state index is 12.6. The number of thiazole rings is 1. The molecule has 3 aromatic rings. The Morgan fingerprint density at radius 2 is 1.94 bits per heavy atom. The smallest absolute Gasteiger partial charge is 0.341 e. The van der Waals surface area contributed by atoms with Gasteiger partial charge in [-0.05, 0) is 36.6 Å². The van der Waals surface area contributed by atoms with Crippen molar-refractivity contribution in [1.29, 1.82) is 0 Å². The van der Waals surface area contributed by atoms with Gasteiger partial charge in [0.2, 0.25) is 0 Å². The van der Waals surface area contributed by atoms with Gasteiger partial charge in [-0.2, -0.15) is 4.21 Å². The molecule has 3 rings (SSSR count).